The van der Waals surface area contributed by atoms with Crippen molar-refractivity contribution in [3.63, 3.8) is 0 Å². The molecular weight excluding hydrogens is 328 g/mol. The minimum absolute atomic E-state index is 0.125. The Balaban J connectivity index is 1.50. The summed E-state index contributed by atoms with van der Waals surface area (Å²) in [7, 11) is 0. The number of carbonyl (C=O) groups is 1. The molecule has 4 rings (SSSR count). The molecule has 2 N–H and O–H groups in total. The van der Waals surface area contributed by atoms with Crippen molar-refractivity contribution < 1.29 is 9.90 Å². The summed E-state index contributed by atoms with van der Waals surface area (Å²) in [4.78, 5) is 22.3. The zero-order valence-electron chi connectivity index (χ0n) is 14.3. The SMILES string of the molecule is O=CN1CCN(c2ccc(N=Cc3c(O)[nH]c4ccccc34)cc2)CC1. The van der Waals surface area contributed by atoms with Gasteiger partial charge in [0.2, 0.25) is 6.41 Å². The van der Waals surface area contributed by atoms with Crippen LogP contribution in [0.2, 0.25) is 0 Å². The average Bonchev–Trinajstić information content (AvgIpc) is 3.02. The summed E-state index contributed by atoms with van der Waals surface area (Å²) in [5, 5.41) is 11.0. The van der Waals surface area contributed by atoms with Crippen LogP contribution in [0.15, 0.2) is 53.5 Å². The Bertz CT molecular complexity index is 938. The normalized spacial score (nSPS) is 15.1. The maximum atomic E-state index is 10.8. The molecule has 6 nitrogen and oxygen atoms in total. The van der Waals surface area contributed by atoms with Crippen molar-refractivity contribution in [3.05, 3.63) is 54.1 Å². The number of aliphatic imine (C=N–C) groups is 1. The first-order chi connectivity index (χ1) is 12.7. The molecule has 132 valence electrons. The van der Waals surface area contributed by atoms with Crippen LogP contribution in [0, 0.1) is 0 Å². The number of nitrogens with one attached hydrogen (secondary N) is 1. The first-order valence-electron chi connectivity index (χ1n) is 8.63. The van der Waals surface area contributed by atoms with E-state index in [4.69, 9.17) is 0 Å². The van der Waals surface area contributed by atoms with E-state index in [1.165, 1.54) is 0 Å². The molecule has 0 radical (unpaired) electrons. The Morgan fingerprint density at radius 3 is 2.46 bits per heavy atom. The highest BCUT2D eigenvalue weighted by atomic mass is 16.3. The van der Waals surface area contributed by atoms with Gasteiger partial charge in [0.1, 0.15) is 0 Å². The summed E-state index contributed by atoms with van der Waals surface area (Å²) >= 11 is 0. The molecule has 1 aliphatic heterocycles. The van der Waals surface area contributed by atoms with E-state index in [0.29, 0.717) is 5.56 Å². The summed E-state index contributed by atoms with van der Waals surface area (Å²) in [6.45, 7) is 3.18. The number of piperazine rings is 1. The number of carbonyl (C=O) groups excluding carboxylic acids is 1. The lowest BCUT2D eigenvalue weighted by Crippen LogP contribution is -2.45. The molecule has 1 fully saturated rings. The van der Waals surface area contributed by atoms with Gasteiger partial charge < -0.3 is 19.9 Å². The van der Waals surface area contributed by atoms with Gasteiger partial charge in [-0.25, -0.2) is 0 Å². The molecule has 2 heterocycles. The predicted molar refractivity (Wildman–Crippen MR) is 104 cm³/mol. The number of rotatable bonds is 4. The van der Waals surface area contributed by atoms with E-state index in [2.05, 4.69) is 14.9 Å². The highest BCUT2D eigenvalue weighted by Gasteiger charge is 2.15. The second-order valence-corrected chi connectivity index (χ2v) is 6.34. The number of aromatic hydroxyl groups is 1. The number of nitrogens with zero attached hydrogens (tertiary/aromatic N) is 3. The van der Waals surface area contributed by atoms with Crippen molar-refractivity contribution in [2.75, 3.05) is 31.1 Å². The van der Waals surface area contributed by atoms with Crippen LogP contribution in [-0.2, 0) is 4.79 Å². The number of aromatic amines is 1. The van der Waals surface area contributed by atoms with Crippen LogP contribution >= 0.6 is 0 Å². The van der Waals surface area contributed by atoms with E-state index in [0.717, 1.165) is 54.9 Å². The topological polar surface area (TPSA) is 71.9 Å². The van der Waals surface area contributed by atoms with E-state index < -0.39 is 0 Å². The maximum Gasteiger partial charge on any atom is 0.209 e. The quantitative estimate of drug-likeness (QED) is 0.562. The molecule has 0 unspecified atom stereocenters. The Morgan fingerprint density at radius 1 is 1.00 bits per heavy atom. The summed E-state index contributed by atoms with van der Waals surface area (Å²) in [5.74, 6) is 0.125. The predicted octanol–water partition coefficient (Wildman–Crippen LogP) is 2.90. The molecule has 3 aromatic rings. The lowest BCUT2D eigenvalue weighted by atomic mass is 10.2. The van der Waals surface area contributed by atoms with Crippen LogP contribution < -0.4 is 4.90 Å². The number of aromatic nitrogens is 1. The summed E-state index contributed by atoms with van der Waals surface area (Å²) in [6.07, 6.45) is 2.60. The molecule has 1 amide bonds. The van der Waals surface area contributed by atoms with Crippen LogP contribution in [0.1, 0.15) is 5.56 Å². The molecule has 0 saturated carbocycles. The number of H-pyrrole nitrogens is 1. The van der Waals surface area contributed by atoms with Gasteiger partial charge in [-0.2, -0.15) is 0 Å². The molecule has 1 saturated heterocycles. The number of hydrogen-bond acceptors (Lipinski definition) is 4. The fourth-order valence-corrected chi connectivity index (χ4v) is 3.25. The zero-order valence-corrected chi connectivity index (χ0v) is 14.3. The summed E-state index contributed by atoms with van der Waals surface area (Å²) in [5.41, 5.74) is 3.53. The van der Waals surface area contributed by atoms with Gasteiger partial charge >= 0.3 is 0 Å². The standard InChI is InChI=1S/C20H20N4O2/c25-14-23-9-11-24(12-10-23)16-7-5-15(6-8-16)21-13-18-17-3-1-2-4-19(17)22-20(18)26/h1-8,13-14,22,26H,9-12H2. The van der Waals surface area contributed by atoms with Crippen molar-refractivity contribution in [1.82, 2.24) is 9.88 Å². The maximum absolute atomic E-state index is 10.8. The van der Waals surface area contributed by atoms with Gasteiger partial charge in [-0.15, -0.1) is 0 Å². The third-order valence-electron chi connectivity index (χ3n) is 4.75. The van der Waals surface area contributed by atoms with E-state index in [1.807, 2.05) is 48.5 Å². The number of para-hydroxylation sites is 1. The molecular formula is C20H20N4O2. The third kappa shape index (κ3) is 3.13. The highest BCUT2D eigenvalue weighted by Crippen LogP contribution is 2.26. The summed E-state index contributed by atoms with van der Waals surface area (Å²) < 4.78 is 0. The van der Waals surface area contributed by atoms with Gasteiger partial charge in [0, 0.05) is 49.0 Å². The van der Waals surface area contributed by atoms with Crippen molar-refractivity contribution in [1.29, 1.82) is 0 Å². The van der Waals surface area contributed by atoms with E-state index in [1.54, 1.807) is 11.1 Å². The average molecular weight is 348 g/mol. The monoisotopic (exact) mass is 348 g/mol. The fraction of sp³-hybridized carbons (Fsp3) is 0.200. The van der Waals surface area contributed by atoms with Crippen LogP contribution in [0.3, 0.4) is 0 Å². The number of amides is 1. The largest absolute Gasteiger partial charge is 0.494 e. The molecule has 0 aliphatic carbocycles. The lowest BCUT2D eigenvalue weighted by Gasteiger charge is -2.34. The first-order valence-corrected chi connectivity index (χ1v) is 8.63. The number of fused-ring (bicyclic) bond motifs is 1. The van der Waals surface area contributed by atoms with Gasteiger partial charge in [0.05, 0.1) is 11.3 Å². The first kappa shape index (κ1) is 16.2. The van der Waals surface area contributed by atoms with Crippen LogP contribution in [-0.4, -0.2) is 53.8 Å². The Labute approximate surface area is 151 Å². The van der Waals surface area contributed by atoms with E-state index in [-0.39, 0.29) is 5.88 Å². The number of benzene rings is 2. The van der Waals surface area contributed by atoms with Crippen LogP contribution in [0.5, 0.6) is 5.88 Å². The molecule has 0 spiro atoms. The number of hydrogen-bond donors (Lipinski definition) is 2. The summed E-state index contributed by atoms with van der Waals surface area (Å²) in [6, 6.07) is 15.7. The van der Waals surface area contributed by atoms with Gasteiger partial charge in [-0.05, 0) is 30.3 Å². The molecule has 6 heteroatoms. The van der Waals surface area contributed by atoms with Gasteiger partial charge in [-0.1, -0.05) is 18.2 Å². The Hall–Kier alpha value is -3.28. The van der Waals surface area contributed by atoms with Gasteiger partial charge in [-0.3, -0.25) is 9.79 Å². The van der Waals surface area contributed by atoms with Crippen molar-refractivity contribution in [2.45, 2.75) is 0 Å². The Kier molecular flexibility index (Phi) is 4.31. The van der Waals surface area contributed by atoms with E-state index in [9.17, 15) is 9.90 Å². The number of anilines is 1. The van der Waals surface area contributed by atoms with E-state index >= 15 is 0 Å². The minimum atomic E-state index is 0.125. The fourth-order valence-electron chi connectivity index (χ4n) is 3.25. The van der Waals surface area contributed by atoms with Crippen molar-refractivity contribution in [2.24, 2.45) is 4.99 Å². The van der Waals surface area contributed by atoms with Gasteiger partial charge in [0.25, 0.3) is 0 Å². The van der Waals surface area contributed by atoms with Crippen LogP contribution in [0.4, 0.5) is 11.4 Å². The second-order valence-electron chi connectivity index (χ2n) is 6.34. The molecule has 2 aromatic carbocycles. The lowest BCUT2D eigenvalue weighted by molar-refractivity contribution is -0.118. The van der Waals surface area contributed by atoms with Crippen molar-refractivity contribution >= 4 is 34.9 Å². The third-order valence-corrected chi connectivity index (χ3v) is 4.75. The van der Waals surface area contributed by atoms with Gasteiger partial charge in [0.15, 0.2) is 5.88 Å². The molecule has 1 aromatic heterocycles. The molecule has 1 aliphatic rings. The molecule has 0 bridgehead atoms. The minimum Gasteiger partial charge on any atom is -0.494 e. The zero-order chi connectivity index (χ0) is 17.9. The molecule has 0 atom stereocenters. The molecule has 26 heavy (non-hydrogen) atoms. The Morgan fingerprint density at radius 2 is 1.73 bits per heavy atom. The highest BCUT2D eigenvalue weighted by molar-refractivity contribution is 6.02. The second kappa shape index (κ2) is 6.92. The van der Waals surface area contributed by atoms with Crippen molar-refractivity contribution in [3.8, 4) is 5.88 Å². The smallest absolute Gasteiger partial charge is 0.209 e. The van der Waals surface area contributed by atoms with Crippen LogP contribution in [0.25, 0.3) is 10.9 Å².